The molecule has 2 atom stereocenters. The Bertz CT molecular complexity index is 890. The maximum Gasteiger partial charge on any atom is 0.261 e. The highest BCUT2D eigenvalue weighted by molar-refractivity contribution is 5.81. The molecule has 2 aromatic carbocycles. The van der Waals surface area contributed by atoms with Gasteiger partial charge in [0.2, 0.25) is 0 Å². The number of ether oxygens (including phenoxy) is 3. The number of methoxy groups -OCH3 is 1. The first-order valence-corrected chi connectivity index (χ1v) is 10.1. The molecule has 2 aromatic rings. The van der Waals surface area contributed by atoms with Crippen molar-refractivity contribution in [3.8, 4) is 17.2 Å². The Kier molecular flexibility index (Phi) is 6.06. The smallest absolute Gasteiger partial charge is 0.261 e. The van der Waals surface area contributed by atoms with Crippen molar-refractivity contribution in [3.05, 3.63) is 53.1 Å². The third kappa shape index (κ3) is 4.84. The van der Waals surface area contributed by atoms with Crippen molar-refractivity contribution in [2.45, 2.75) is 65.2 Å². The number of aryl methyl sites for hydroxylation is 2. The van der Waals surface area contributed by atoms with Crippen LogP contribution in [0.15, 0.2) is 36.4 Å². The molecule has 1 amide bonds. The molecular formula is C24H31NO4. The monoisotopic (exact) mass is 397 g/mol. The van der Waals surface area contributed by atoms with Gasteiger partial charge in [-0.05, 0) is 69.5 Å². The van der Waals surface area contributed by atoms with E-state index in [0.29, 0.717) is 18.6 Å². The summed E-state index contributed by atoms with van der Waals surface area (Å²) < 4.78 is 17.5. The summed E-state index contributed by atoms with van der Waals surface area (Å²) in [4.78, 5) is 13.0. The molecule has 5 nitrogen and oxygen atoms in total. The fourth-order valence-corrected chi connectivity index (χ4v) is 3.63. The highest BCUT2D eigenvalue weighted by Crippen LogP contribution is 2.41. The van der Waals surface area contributed by atoms with Gasteiger partial charge < -0.3 is 19.5 Å². The zero-order valence-corrected chi connectivity index (χ0v) is 18.2. The van der Waals surface area contributed by atoms with Crippen LogP contribution in [0.2, 0.25) is 0 Å². The number of rotatable bonds is 6. The Morgan fingerprint density at radius 2 is 1.90 bits per heavy atom. The number of carbonyl (C=O) groups is 1. The average Bonchev–Trinajstić information content (AvgIpc) is 2.67. The van der Waals surface area contributed by atoms with Gasteiger partial charge in [0, 0.05) is 18.1 Å². The van der Waals surface area contributed by atoms with Crippen molar-refractivity contribution >= 4 is 5.91 Å². The largest absolute Gasteiger partial charge is 0.497 e. The molecule has 0 aromatic heterocycles. The summed E-state index contributed by atoms with van der Waals surface area (Å²) in [5.74, 6) is 2.08. The molecule has 0 bridgehead atoms. The lowest BCUT2D eigenvalue weighted by Gasteiger charge is -2.38. The normalized spacial score (nSPS) is 18.2. The van der Waals surface area contributed by atoms with Crippen LogP contribution in [0, 0.1) is 13.8 Å². The number of benzene rings is 2. The predicted molar refractivity (Wildman–Crippen MR) is 114 cm³/mol. The molecule has 0 unspecified atom stereocenters. The van der Waals surface area contributed by atoms with E-state index in [9.17, 15) is 4.79 Å². The van der Waals surface area contributed by atoms with E-state index in [1.165, 1.54) is 5.56 Å². The van der Waals surface area contributed by atoms with Crippen molar-refractivity contribution in [1.82, 2.24) is 5.32 Å². The molecule has 3 rings (SSSR count). The third-order valence-corrected chi connectivity index (χ3v) is 5.41. The lowest BCUT2D eigenvalue weighted by atomic mass is 9.89. The van der Waals surface area contributed by atoms with Gasteiger partial charge >= 0.3 is 0 Å². The van der Waals surface area contributed by atoms with Crippen LogP contribution in [-0.2, 0) is 4.79 Å². The molecule has 1 aliphatic rings. The molecule has 1 aliphatic heterocycles. The SMILES string of the molecule is CC[C@@H](Oc1ccc(C)c(C)c1)C(=O)N[C@@H]1CC(C)(C)Oc2cc(OC)ccc21. The molecule has 5 heteroatoms. The Morgan fingerprint density at radius 1 is 1.17 bits per heavy atom. The van der Waals surface area contributed by atoms with E-state index in [-0.39, 0.29) is 11.9 Å². The van der Waals surface area contributed by atoms with E-state index < -0.39 is 11.7 Å². The number of nitrogens with one attached hydrogen (secondary N) is 1. The van der Waals surface area contributed by atoms with Crippen LogP contribution < -0.4 is 19.5 Å². The molecule has 29 heavy (non-hydrogen) atoms. The Morgan fingerprint density at radius 3 is 2.55 bits per heavy atom. The van der Waals surface area contributed by atoms with Gasteiger partial charge in [-0.25, -0.2) is 0 Å². The summed E-state index contributed by atoms with van der Waals surface area (Å²) >= 11 is 0. The topological polar surface area (TPSA) is 56.8 Å². The minimum absolute atomic E-state index is 0.116. The summed E-state index contributed by atoms with van der Waals surface area (Å²) in [5.41, 5.74) is 2.91. The lowest BCUT2D eigenvalue weighted by molar-refractivity contribution is -0.129. The molecule has 0 radical (unpaired) electrons. The number of amides is 1. The van der Waals surface area contributed by atoms with Crippen LogP contribution in [0.5, 0.6) is 17.2 Å². The molecule has 0 fully saturated rings. The third-order valence-electron chi connectivity index (χ3n) is 5.41. The van der Waals surface area contributed by atoms with E-state index in [1.807, 2.05) is 64.1 Å². The standard InChI is InChI=1S/C24H31NO4/c1-7-21(28-18-9-8-15(2)16(3)12-18)23(26)25-20-14-24(4,5)29-22-13-17(27-6)10-11-19(20)22/h8-13,20-21H,7,14H2,1-6H3,(H,25,26)/t20-,21-/m1/s1. The van der Waals surface area contributed by atoms with E-state index in [0.717, 1.165) is 22.6 Å². The molecule has 0 spiro atoms. The van der Waals surface area contributed by atoms with Crippen molar-refractivity contribution in [2.75, 3.05) is 7.11 Å². The zero-order chi connectivity index (χ0) is 21.2. The second-order valence-corrected chi connectivity index (χ2v) is 8.29. The maximum atomic E-state index is 13.0. The van der Waals surface area contributed by atoms with Gasteiger partial charge in [0.05, 0.1) is 13.2 Å². The summed E-state index contributed by atoms with van der Waals surface area (Å²) in [7, 11) is 1.63. The molecule has 1 N–H and O–H groups in total. The number of hydrogen-bond acceptors (Lipinski definition) is 4. The van der Waals surface area contributed by atoms with E-state index in [1.54, 1.807) is 7.11 Å². The minimum Gasteiger partial charge on any atom is -0.497 e. The van der Waals surface area contributed by atoms with Crippen LogP contribution in [0.25, 0.3) is 0 Å². The first-order valence-electron chi connectivity index (χ1n) is 10.1. The van der Waals surface area contributed by atoms with Crippen LogP contribution in [-0.4, -0.2) is 24.7 Å². The van der Waals surface area contributed by atoms with Crippen LogP contribution in [0.1, 0.15) is 56.3 Å². The second-order valence-electron chi connectivity index (χ2n) is 8.29. The molecule has 156 valence electrons. The molecular weight excluding hydrogens is 366 g/mol. The lowest BCUT2D eigenvalue weighted by Crippen LogP contribution is -2.45. The second kappa shape index (κ2) is 8.36. The van der Waals surface area contributed by atoms with Crippen LogP contribution in [0.3, 0.4) is 0 Å². The highest BCUT2D eigenvalue weighted by Gasteiger charge is 2.36. The Hall–Kier alpha value is -2.69. The Labute approximate surface area is 173 Å². The molecule has 1 heterocycles. The molecule has 0 saturated heterocycles. The minimum atomic E-state index is -0.551. The van der Waals surface area contributed by atoms with Crippen LogP contribution >= 0.6 is 0 Å². The summed E-state index contributed by atoms with van der Waals surface area (Å²) in [6.45, 7) is 10.1. The zero-order valence-electron chi connectivity index (χ0n) is 18.2. The van der Waals surface area contributed by atoms with Crippen molar-refractivity contribution in [3.63, 3.8) is 0 Å². The van der Waals surface area contributed by atoms with Gasteiger partial charge in [-0.2, -0.15) is 0 Å². The quantitative estimate of drug-likeness (QED) is 0.754. The van der Waals surface area contributed by atoms with Gasteiger partial charge in [-0.1, -0.05) is 13.0 Å². The number of hydrogen-bond donors (Lipinski definition) is 1. The van der Waals surface area contributed by atoms with Gasteiger partial charge in [0.15, 0.2) is 6.10 Å². The van der Waals surface area contributed by atoms with Crippen molar-refractivity contribution in [1.29, 1.82) is 0 Å². The highest BCUT2D eigenvalue weighted by atomic mass is 16.5. The van der Waals surface area contributed by atoms with Gasteiger partial charge in [-0.15, -0.1) is 0 Å². The number of fused-ring (bicyclic) bond motifs is 1. The summed E-state index contributed by atoms with van der Waals surface area (Å²) in [6.07, 6.45) is 0.712. The summed E-state index contributed by atoms with van der Waals surface area (Å²) in [6, 6.07) is 11.5. The van der Waals surface area contributed by atoms with E-state index in [4.69, 9.17) is 14.2 Å². The van der Waals surface area contributed by atoms with Crippen molar-refractivity contribution in [2.24, 2.45) is 0 Å². The fourth-order valence-electron chi connectivity index (χ4n) is 3.63. The van der Waals surface area contributed by atoms with Gasteiger partial charge in [0.25, 0.3) is 5.91 Å². The number of carbonyl (C=O) groups excluding carboxylic acids is 1. The first-order chi connectivity index (χ1) is 13.7. The fraction of sp³-hybridized carbons (Fsp3) is 0.458. The molecule has 0 saturated carbocycles. The predicted octanol–water partition coefficient (Wildman–Crippen LogP) is 4.89. The van der Waals surface area contributed by atoms with Crippen molar-refractivity contribution < 1.29 is 19.0 Å². The average molecular weight is 398 g/mol. The molecule has 0 aliphatic carbocycles. The van der Waals surface area contributed by atoms with E-state index in [2.05, 4.69) is 12.2 Å². The maximum absolute atomic E-state index is 13.0. The van der Waals surface area contributed by atoms with Gasteiger partial charge in [0.1, 0.15) is 22.8 Å². The van der Waals surface area contributed by atoms with Crippen LogP contribution in [0.4, 0.5) is 0 Å². The first kappa shape index (κ1) is 21.0. The Balaban J connectivity index is 1.78. The van der Waals surface area contributed by atoms with E-state index >= 15 is 0 Å². The summed E-state index contributed by atoms with van der Waals surface area (Å²) in [5, 5.41) is 3.18. The van der Waals surface area contributed by atoms with Gasteiger partial charge in [-0.3, -0.25) is 4.79 Å².